The molecule has 0 spiro atoms. The zero-order chi connectivity index (χ0) is 15.1. The van der Waals surface area contributed by atoms with Crippen LogP contribution in [0.3, 0.4) is 0 Å². The minimum Gasteiger partial charge on any atom is -0.480 e. The molecule has 0 bridgehead atoms. The number of carboxylic acid groups (broad SMARTS) is 1. The van der Waals surface area contributed by atoms with E-state index in [1.807, 2.05) is 6.07 Å². The summed E-state index contributed by atoms with van der Waals surface area (Å²) in [5.74, 6) is -1.01. The van der Waals surface area contributed by atoms with Gasteiger partial charge in [0.2, 0.25) is 0 Å². The van der Waals surface area contributed by atoms with E-state index in [0.717, 1.165) is 4.47 Å². The van der Waals surface area contributed by atoms with E-state index < -0.39 is 24.1 Å². The van der Waals surface area contributed by atoms with E-state index in [4.69, 9.17) is 14.6 Å². The molecule has 2 unspecified atom stereocenters. The standard InChI is InChI=1S/C13H16BrNO5/c1-8(20-10-6-4-3-5-9(10)14)12(16)15-7-11(19-2)13(17)18/h3-6,8,11H,7H2,1-2H3,(H,15,16)(H,17,18). The Bertz CT molecular complexity index is 480. The van der Waals surface area contributed by atoms with E-state index in [1.54, 1.807) is 25.1 Å². The Balaban J connectivity index is 2.51. The summed E-state index contributed by atoms with van der Waals surface area (Å²) in [7, 11) is 1.27. The highest BCUT2D eigenvalue weighted by molar-refractivity contribution is 9.10. The van der Waals surface area contributed by atoms with Crippen LogP contribution in [0.5, 0.6) is 5.75 Å². The molecule has 0 radical (unpaired) electrons. The van der Waals surface area contributed by atoms with Crippen molar-refractivity contribution in [3.05, 3.63) is 28.7 Å². The molecule has 0 heterocycles. The number of benzene rings is 1. The molecule has 1 rings (SSSR count). The molecule has 0 aliphatic heterocycles. The molecule has 1 aromatic carbocycles. The molecule has 1 amide bonds. The first-order valence-electron chi connectivity index (χ1n) is 5.90. The van der Waals surface area contributed by atoms with Gasteiger partial charge in [0.1, 0.15) is 5.75 Å². The lowest BCUT2D eigenvalue weighted by molar-refractivity contribution is -0.148. The topological polar surface area (TPSA) is 84.9 Å². The quantitative estimate of drug-likeness (QED) is 0.780. The van der Waals surface area contributed by atoms with Crippen molar-refractivity contribution in [2.45, 2.75) is 19.1 Å². The normalized spacial score (nSPS) is 13.3. The fourth-order valence-electron chi connectivity index (χ4n) is 1.39. The first kappa shape index (κ1) is 16.5. The highest BCUT2D eigenvalue weighted by atomic mass is 79.9. The molecule has 1 aromatic rings. The number of para-hydroxylation sites is 1. The van der Waals surface area contributed by atoms with Crippen molar-refractivity contribution in [2.75, 3.05) is 13.7 Å². The summed E-state index contributed by atoms with van der Waals surface area (Å²) in [6.07, 6.45) is -1.82. The summed E-state index contributed by atoms with van der Waals surface area (Å²) in [6.45, 7) is 1.46. The Labute approximate surface area is 125 Å². The number of ether oxygens (including phenoxy) is 2. The molecule has 7 heteroatoms. The van der Waals surface area contributed by atoms with Crippen molar-refractivity contribution >= 4 is 27.8 Å². The second-order valence-corrected chi connectivity index (χ2v) is 4.85. The zero-order valence-electron chi connectivity index (χ0n) is 11.1. The van der Waals surface area contributed by atoms with Crippen LogP contribution < -0.4 is 10.1 Å². The van der Waals surface area contributed by atoms with Gasteiger partial charge in [-0.1, -0.05) is 12.1 Å². The van der Waals surface area contributed by atoms with Gasteiger partial charge >= 0.3 is 5.97 Å². The Morgan fingerprint density at radius 1 is 1.40 bits per heavy atom. The third-order valence-corrected chi connectivity index (χ3v) is 3.19. The highest BCUT2D eigenvalue weighted by Gasteiger charge is 2.20. The van der Waals surface area contributed by atoms with Gasteiger partial charge in [-0.15, -0.1) is 0 Å². The van der Waals surface area contributed by atoms with Crippen LogP contribution in [0.1, 0.15) is 6.92 Å². The fourth-order valence-corrected chi connectivity index (χ4v) is 1.77. The lowest BCUT2D eigenvalue weighted by Gasteiger charge is -2.17. The van der Waals surface area contributed by atoms with Gasteiger partial charge in [-0.3, -0.25) is 4.79 Å². The van der Waals surface area contributed by atoms with Crippen LogP contribution in [0.4, 0.5) is 0 Å². The molecular formula is C13H16BrNO5. The number of rotatable bonds is 7. The summed E-state index contributed by atoms with van der Waals surface area (Å²) in [4.78, 5) is 22.5. The largest absolute Gasteiger partial charge is 0.480 e. The van der Waals surface area contributed by atoms with E-state index in [1.165, 1.54) is 7.11 Å². The molecule has 110 valence electrons. The maximum absolute atomic E-state index is 11.8. The second kappa shape index (κ2) is 7.86. The van der Waals surface area contributed by atoms with Gasteiger partial charge < -0.3 is 19.9 Å². The number of carbonyl (C=O) groups is 2. The summed E-state index contributed by atoms with van der Waals surface area (Å²) < 4.78 is 10.9. The minimum absolute atomic E-state index is 0.117. The van der Waals surface area contributed by atoms with Crippen molar-refractivity contribution in [2.24, 2.45) is 0 Å². The third kappa shape index (κ3) is 4.82. The van der Waals surface area contributed by atoms with Crippen molar-refractivity contribution in [1.29, 1.82) is 0 Å². The fraction of sp³-hybridized carbons (Fsp3) is 0.385. The maximum Gasteiger partial charge on any atom is 0.334 e. The van der Waals surface area contributed by atoms with Crippen molar-refractivity contribution in [3.63, 3.8) is 0 Å². The highest BCUT2D eigenvalue weighted by Crippen LogP contribution is 2.24. The first-order chi connectivity index (χ1) is 9.45. The van der Waals surface area contributed by atoms with E-state index in [0.29, 0.717) is 5.75 Å². The van der Waals surface area contributed by atoms with Crippen LogP contribution in [0.25, 0.3) is 0 Å². The Morgan fingerprint density at radius 2 is 2.05 bits per heavy atom. The molecule has 0 fully saturated rings. The van der Waals surface area contributed by atoms with E-state index in [9.17, 15) is 9.59 Å². The zero-order valence-corrected chi connectivity index (χ0v) is 12.7. The maximum atomic E-state index is 11.8. The number of carbonyl (C=O) groups excluding carboxylic acids is 1. The van der Waals surface area contributed by atoms with Gasteiger partial charge in [0.15, 0.2) is 12.2 Å². The lowest BCUT2D eigenvalue weighted by atomic mass is 10.3. The average Bonchev–Trinajstić information content (AvgIpc) is 2.41. The Kier molecular flexibility index (Phi) is 6.47. The summed E-state index contributed by atoms with van der Waals surface area (Å²) >= 11 is 3.31. The smallest absolute Gasteiger partial charge is 0.334 e. The molecule has 0 aliphatic rings. The predicted molar refractivity (Wildman–Crippen MR) is 75.7 cm³/mol. The first-order valence-corrected chi connectivity index (χ1v) is 6.69. The SMILES string of the molecule is COC(CNC(=O)C(C)Oc1ccccc1Br)C(=O)O. The molecule has 0 saturated heterocycles. The van der Waals surface area contributed by atoms with Crippen LogP contribution in [0.2, 0.25) is 0 Å². The van der Waals surface area contributed by atoms with Crippen LogP contribution in [-0.4, -0.2) is 42.8 Å². The van der Waals surface area contributed by atoms with Crippen LogP contribution in [-0.2, 0) is 14.3 Å². The van der Waals surface area contributed by atoms with Crippen molar-refractivity contribution in [3.8, 4) is 5.75 Å². The summed E-state index contributed by atoms with van der Waals surface area (Å²) in [5.41, 5.74) is 0. The molecular weight excluding hydrogens is 330 g/mol. The van der Waals surface area contributed by atoms with Gasteiger partial charge in [-0.05, 0) is 35.0 Å². The number of hydrogen-bond donors (Lipinski definition) is 2. The molecule has 2 N–H and O–H groups in total. The van der Waals surface area contributed by atoms with Gasteiger partial charge in [0.25, 0.3) is 5.91 Å². The van der Waals surface area contributed by atoms with E-state index in [-0.39, 0.29) is 6.54 Å². The number of amides is 1. The number of halogens is 1. The van der Waals surface area contributed by atoms with Gasteiger partial charge in [0, 0.05) is 7.11 Å². The molecule has 0 aromatic heterocycles. The number of methoxy groups -OCH3 is 1. The molecule has 0 aliphatic carbocycles. The molecule has 20 heavy (non-hydrogen) atoms. The third-order valence-electron chi connectivity index (χ3n) is 2.53. The number of carboxylic acids is 1. The summed E-state index contributed by atoms with van der Waals surface area (Å²) in [5, 5.41) is 11.3. The van der Waals surface area contributed by atoms with Crippen molar-refractivity contribution in [1.82, 2.24) is 5.32 Å². The van der Waals surface area contributed by atoms with Crippen LogP contribution in [0.15, 0.2) is 28.7 Å². The molecule has 6 nitrogen and oxygen atoms in total. The predicted octanol–water partition coefficient (Wildman–Crippen LogP) is 1.43. The van der Waals surface area contributed by atoms with Gasteiger partial charge in [-0.25, -0.2) is 4.79 Å². The number of nitrogens with one attached hydrogen (secondary N) is 1. The molecule has 2 atom stereocenters. The average molecular weight is 346 g/mol. The number of aliphatic carboxylic acids is 1. The monoisotopic (exact) mass is 345 g/mol. The van der Waals surface area contributed by atoms with Gasteiger partial charge in [-0.2, -0.15) is 0 Å². The second-order valence-electron chi connectivity index (χ2n) is 4.00. The van der Waals surface area contributed by atoms with E-state index in [2.05, 4.69) is 21.2 Å². The van der Waals surface area contributed by atoms with Crippen LogP contribution >= 0.6 is 15.9 Å². The minimum atomic E-state index is -1.13. The van der Waals surface area contributed by atoms with E-state index >= 15 is 0 Å². The number of hydrogen-bond acceptors (Lipinski definition) is 4. The Hall–Kier alpha value is -1.60. The Morgan fingerprint density at radius 3 is 2.60 bits per heavy atom. The molecule has 0 saturated carbocycles. The van der Waals surface area contributed by atoms with Gasteiger partial charge in [0.05, 0.1) is 11.0 Å². The summed E-state index contributed by atoms with van der Waals surface area (Å²) in [6, 6.07) is 7.14. The van der Waals surface area contributed by atoms with Crippen molar-refractivity contribution < 1.29 is 24.2 Å². The van der Waals surface area contributed by atoms with Crippen LogP contribution in [0, 0.1) is 0 Å². The lowest BCUT2D eigenvalue weighted by Crippen LogP contribution is -2.43.